The molecule has 0 spiro atoms. The van der Waals surface area contributed by atoms with Crippen LogP contribution >= 0.6 is 0 Å². The summed E-state index contributed by atoms with van der Waals surface area (Å²) in [4.78, 5) is 4.48. The summed E-state index contributed by atoms with van der Waals surface area (Å²) in [6.45, 7) is 3.95. The van der Waals surface area contributed by atoms with E-state index in [1.54, 1.807) is 0 Å². The van der Waals surface area contributed by atoms with E-state index in [2.05, 4.69) is 4.99 Å². The zero-order valence-corrected chi connectivity index (χ0v) is 10.7. The summed E-state index contributed by atoms with van der Waals surface area (Å²) in [5.41, 5.74) is 2.77. The van der Waals surface area contributed by atoms with E-state index >= 15 is 0 Å². The number of hydrogen-bond acceptors (Lipinski definition) is 2. The maximum absolute atomic E-state index is 9.94. The lowest BCUT2D eigenvalue weighted by Crippen LogP contribution is -2.06. The van der Waals surface area contributed by atoms with Crippen LogP contribution in [0, 0.1) is 19.8 Å². The van der Waals surface area contributed by atoms with Crippen molar-refractivity contribution >= 4 is 11.9 Å². The molecule has 1 N–H and O–H groups in total. The minimum atomic E-state index is 0.322. The van der Waals surface area contributed by atoms with Crippen molar-refractivity contribution in [2.75, 3.05) is 0 Å². The van der Waals surface area contributed by atoms with Crippen molar-refractivity contribution in [1.82, 2.24) is 0 Å². The number of benzene rings is 1. The average molecular weight is 231 g/mol. The van der Waals surface area contributed by atoms with Gasteiger partial charge in [0.1, 0.15) is 11.4 Å². The van der Waals surface area contributed by atoms with Gasteiger partial charge in [0.25, 0.3) is 0 Å². The Hall–Kier alpha value is -1.31. The van der Waals surface area contributed by atoms with Gasteiger partial charge in [0, 0.05) is 6.21 Å². The quantitative estimate of drug-likeness (QED) is 0.756. The molecular weight excluding hydrogens is 210 g/mol. The van der Waals surface area contributed by atoms with Crippen molar-refractivity contribution in [2.45, 2.75) is 46.0 Å². The van der Waals surface area contributed by atoms with E-state index in [1.165, 1.54) is 32.1 Å². The van der Waals surface area contributed by atoms with Gasteiger partial charge in [-0.1, -0.05) is 25.3 Å². The van der Waals surface area contributed by atoms with Gasteiger partial charge in [-0.15, -0.1) is 0 Å². The topological polar surface area (TPSA) is 32.6 Å². The van der Waals surface area contributed by atoms with Gasteiger partial charge in [0.2, 0.25) is 0 Å². The van der Waals surface area contributed by atoms with Crippen molar-refractivity contribution in [3.8, 4) is 5.75 Å². The first-order valence-corrected chi connectivity index (χ1v) is 6.51. The molecule has 0 aliphatic heterocycles. The van der Waals surface area contributed by atoms with Gasteiger partial charge in [0.05, 0.1) is 0 Å². The van der Waals surface area contributed by atoms with Crippen LogP contribution in [0.25, 0.3) is 0 Å². The second kappa shape index (κ2) is 5.35. The largest absolute Gasteiger partial charge is 0.505 e. The summed E-state index contributed by atoms with van der Waals surface area (Å²) in [7, 11) is 0. The molecule has 92 valence electrons. The molecule has 0 unspecified atom stereocenters. The smallest absolute Gasteiger partial charge is 0.144 e. The molecule has 2 heteroatoms. The number of hydrogen-bond donors (Lipinski definition) is 1. The summed E-state index contributed by atoms with van der Waals surface area (Å²) in [5.74, 6) is 0.923. The van der Waals surface area contributed by atoms with Crippen molar-refractivity contribution in [3.05, 3.63) is 23.3 Å². The highest BCUT2D eigenvalue weighted by Crippen LogP contribution is 2.32. The molecule has 0 bridgehead atoms. The molecule has 0 atom stereocenters. The Balaban J connectivity index is 2.14. The van der Waals surface area contributed by atoms with E-state index in [0.717, 1.165) is 11.1 Å². The number of aliphatic imine (C=N–C) groups is 1. The molecule has 1 saturated carbocycles. The van der Waals surface area contributed by atoms with Crippen LogP contribution in [0.2, 0.25) is 0 Å². The number of phenols is 1. The van der Waals surface area contributed by atoms with E-state index < -0.39 is 0 Å². The number of aryl methyl sites for hydroxylation is 2. The summed E-state index contributed by atoms with van der Waals surface area (Å²) in [6, 6.07) is 3.93. The van der Waals surface area contributed by atoms with Crippen molar-refractivity contribution in [1.29, 1.82) is 0 Å². The van der Waals surface area contributed by atoms with Crippen LogP contribution in [0.15, 0.2) is 17.1 Å². The Morgan fingerprint density at radius 3 is 2.59 bits per heavy atom. The lowest BCUT2D eigenvalue weighted by atomic mass is 9.90. The molecule has 1 aromatic rings. The highest BCUT2D eigenvalue weighted by atomic mass is 16.3. The van der Waals surface area contributed by atoms with E-state index in [-0.39, 0.29) is 0 Å². The first kappa shape index (κ1) is 12.2. The zero-order chi connectivity index (χ0) is 12.3. The Morgan fingerprint density at radius 1 is 1.18 bits per heavy atom. The predicted molar refractivity (Wildman–Crippen MR) is 72.3 cm³/mol. The standard InChI is InChI=1S/C15H21NO/c1-11-8-12(2)15(17)14(9-11)16-10-13-6-4-3-5-7-13/h8-10,13,17H,3-7H2,1-2H3. The highest BCUT2D eigenvalue weighted by molar-refractivity contribution is 5.69. The maximum atomic E-state index is 9.94. The zero-order valence-electron chi connectivity index (χ0n) is 10.7. The van der Waals surface area contributed by atoms with Gasteiger partial charge in [-0.25, -0.2) is 0 Å². The minimum Gasteiger partial charge on any atom is -0.505 e. The van der Waals surface area contributed by atoms with Crippen LogP contribution in [-0.4, -0.2) is 11.3 Å². The Kier molecular flexibility index (Phi) is 3.82. The molecule has 17 heavy (non-hydrogen) atoms. The third-order valence-corrected chi connectivity index (χ3v) is 3.50. The average Bonchev–Trinajstić information content (AvgIpc) is 2.33. The molecule has 0 radical (unpaired) electrons. The van der Waals surface area contributed by atoms with Gasteiger partial charge < -0.3 is 5.11 Å². The Bertz CT molecular complexity index is 417. The van der Waals surface area contributed by atoms with E-state index in [4.69, 9.17) is 0 Å². The van der Waals surface area contributed by atoms with Gasteiger partial charge in [-0.2, -0.15) is 0 Å². The molecule has 1 aliphatic rings. The van der Waals surface area contributed by atoms with Crippen LogP contribution in [0.5, 0.6) is 5.75 Å². The molecule has 2 nitrogen and oxygen atoms in total. The fraction of sp³-hybridized carbons (Fsp3) is 0.533. The Labute approximate surface area is 103 Å². The molecule has 1 aliphatic carbocycles. The van der Waals surface area contributed by atoms with E-state index in [1.807, 2.05) is 32.2 Å². The normalized spacial score (nSPS) is 17.8. The number of rotatable bonds is 2. The van der Waals surface area contributed by atoms with Crippen LogP contribution < -0.4 is 0 Å². The Morgan fingerprint density at radius 2 is 1.88 bits per heavy atom. The highest BCUT2D eigenvalue weighted by Gasteiger charge is 2.11. The monoisotopic (exact) mass is 231 g/mol. The molecule has 0 saturated heterocycles. The summed E-state index contributed by atoms with van der Waals surface area (Å²) in [5, 5.41) is 9.94. The second-order valence-corrected chi connectivity index (χ2v) is 5.13. The predicted octanol–water partition coefficient (Wildman–Crippen LogP) is 4.29. The second-order valence-electron chi connectivity index (χ2n) is 5.13. The third-order valence-electron chi connectivity index (χ3n) is 3.50. The SMILES string of the molecule is Cc1cc(C)c(O)c(N=CC2CCCCC2)c1. The fourth-order valence-electron chi connectivity index (χ4n) is 2.50. The van der Waals surface area contributed by atoms with Crippen molar-refractivity contribution in [2.24, 2.45) is 10.9 Å². The molecule has 1 fully saturated rings. The first-order valence-electron chi connectivity index (χ1n) is 6.51. The van der Waals surface area contributed by atoms with Crippen LogP contribution in [0.1, 0.15) is 43.2 Å². The van der Waals surface area contributed by atoms with Gasteiger partial charge >= 0.3 is 0 Å². The van der Waals surface area contributed by atoms with E-state index in [0.29, 0.717) is 17.4 Å². The van der Waals surface area contributed by atoms with Crippen LogP contribution in [-0.2, 0) is 0 Å². The van der Waals surface area contributed by atoms with Crippen LogP contribution in [0.3, 0.4) is 0 Å². The minimum absolute atomic E-state index is 0.322. The van der Waals surface area contributed by atoms with Gasteiger partial charge in [-0.05, 0) is 49.8 Å². The van der Waals surface area contributed by atoms with Gasteiger partial charge in [0.15, 0.2) is 0 Å². The molecule has 0 aromatic heterocycles. The number of aromatic hydroxyl groups is 1. The molecule has 0 heterocycles. The molecular formula is C15H21NO. The third kappa shape index (κ3) is 3.09. The lowest BCUT2D eigenvalue weighted by Gasteiger charge is -2.17. The first-order chi connectivity index (χ1) is 8.16. The van der Waals surface area contributed by atoms with Crippen molar-refractivity contribution < 1.29 is 5.11 Å². The van der Waals surface area contributed by atoms with Crippen molar-refractivity contribution in [3.63, 3.8) is 0 Å². The molecule has 0 amide bonds. The van der Waals surface area contributed by atoms with Crippen LogP contribution in [0.4, 0.5) is 5.69 Å². The summed E-state index contributed by atoms with van der Waals surface area (Å²) >= 11 is 0. The number of nitrogens with zero attached hydrogens (tertiary/aromatic N) is 1. The fourth-order valence-corrected chi connectivity index (χ4v) is 2.50. The van der Waals surface area contributed by atoms with E-state index in [9.17, 15) is 5.11 Å². The molecule has 1 aromatic carbocycles. The summed E-state index contributed by atoms with van der Waals surface area (Å²) in [6.07, 6.45) is 8.52. The number of phenolic OH excluding ortho intramolecular Hbond substituents is 1. The summed E-state index contributed by atoms with van der Waals surface area (Å²) < 4.78 is 0. The van der Waals surface area contributed by atoms with Gasteiger partial charge in [-0.3, -0.25) is 4.99 Å². The molecule has 2 rings (SSSR count). The lowest BCUT2D eigenvalue weighted by molar-refractivity contribution is 0.444. The maximum Gasteiger partial charge on any atom is 0.144 e.